The molecule has 0 spiro atoms. The highest BCUT2D eigenvalue weighted by molar-refractivity contribution is 7.89. The molecule has 7 heteroatoms. The summed E-state index contributed by atoms with van der Waals surface area (Å²) in [7, 11) is -3.19. The van der Waals surface area contributed by atoms with Gasteiger partial charge in [0.05, 0.1) is 5.75 Å². The van der Waals surface area contributed by atoms with Gasteiger partial charge in [-0.05, 0) is 19.9 Å². The highest BCUT2D eigenvalue weighted by atomic mass is 32.2. The van der Waals surface area contributed by atoms with E-state index in [2.05, 4.69) is 20.0 Å². The fourth-order valence-corrected chi connectivity index (χ4v) is 2.35. The number of aromatic nitrogens is 2. The van der Waals surface area contributed by atoms with Gasteiger partial charge < -0.3 is 5.32 Å². The highest BCUT2D eigenvalue weighted by Crippen LogP contribution is 2.03. The van der Waals surface area contributed by atoms with Crippen LogP contribution >= 0.6 is 0 Å². The fourth-order valence-electron chi connectivity index (χ4n) is 1.39. The molecule has 1 rings (SSSR count). The van der Waals surface area contributed by atoms with E-state index in [4.69, 9.17) is 0 Å². The minimum Gasteiger partial charge on any atom is -0.353 e. The SMILES string of the molecule is CCNS(=O)(=O)CCNc1nc(C)cc(C)n1. The molecule has 0 amide bonds. The zero-order chi connectivity index (χ0) is 12.9. The van der Waals surface area contributed by atoms with E-state index in [1.54, 1.807) is 6.92 Å². The van der Waals surface area contributed by atoms with Gasteiger partial charge in [-0.1, -0.05) is 6.92 Å². The van der Waals surface area contributed by atoms with Crippen molar-refractivity contribution in [3.05, 3.63) is 17.5 Å². The number of nitrogens with zero attached hydrogens (tertiary/aromatic N) is 2. The zero-order valence-electron chi connectivity index (χ0n) is 10.3. The first-order chi connectivity index (χ1) is 7.93. The van der Waals surface area contributed by atoms with Crippen LogP contribution in [0.3, 0.4) is 0 Å². The van der Waals surface area contributed by atoms with Gasteiger partial charge in [-0.3, -0.25) is 0 Å². The molecule has 0 atom stereocenters. The molecule has 0 aliphatic carbocycles. The van der Waals surface area contributed by atoms with Gasteiger partial charge in [0.2, 0.25) is 16.0 Å². The Morgan fingerprint density at radius 3 is 2.35 bits per heavy atom. The molecule has 0 bridgehead atoms. The van der Waals surface area contributed by atoms with E-state index >= 15 is 0 Å². The Hall–Kier alpha value is -1.21. The molecule has 0 saturated carbocycles. The normalized spacial score (nSPS) is 11.5. The summed E-state index contributed by atoms with van der Waals surface area (Å²) in [5.74, 6) is 0.478. The van der Waals surface area contributed by atoms with Crippen molar-refractivity contribution in [2.45, 2.75) is 20.8 Å². The molecule has 0 fully saturated rings. The molecule has 2 N–H and O–H groups in total. The Labute approximate surface area is 102 Å². The van der Waals surface area contributed by atoms with Crippen molar-refractivity contribution in [2.24, 2.45) is 0 Å². The van der Waals surface area contributed by atoms with Crippen LogP contribution in [0, 0.1) is 13.8 Å². The highest BCUT2D eigenvalue weighted by Gasteiger charge is 2.08. The molecule has 17 heavy (non-hydrogen) atoms. The maximum absolute atomic E-state index is 11.4. The first-order valence-electron chi connectivity index (χ1n) is 5.46. The molecular formula is C10H18N4O2S. The zero-order valence-corrected chi connectivity index (χ0v) is 11.1. The van der Waals surface area contributed by atoms with Crippen molar-refractivity contribution in [1.29, 1.82) is 0 Å². The molecule has 0 aliphatic rings. The second-order valence-corrected chi connectivity index (χ2v) is 5.64. The summed E-state index contributed by atoms with van der Waals surface area (Å²) in [6.07, 6.45) is 0. The summed E-state index contributed by atoms with van der Waals surface area (Å²) in [5, 5.41) is 2.90. The lowest BCUT2D eigenvalue weighted by atomic mass is 10.4. The Bertz CT molecular complexity index is 453. The van der Waals surface area contributed by atoms with E-state index in [0.29, 0.717) is 12.5 Å². The summed E-state index contributed by atoms with van der Waals surface area (Å²) in [4.78, 5) is 8.32. The first kappa shape index (κ1) is 13.9. The van der Waals surface area contributed by atoms with Crippen LogP contribution in [0.4, 0.5) is 5.95 Å². The summed E-state index contributed by atoms with van der Waals surface area (Å²) >= 11 is 0. The van der Waals surface area contributed by atoms with Gasteiger partial charge >= 0.3 is 0 Å². The van der Waals surface area contributed by atoms with Crippen LogP contribution in [0.5, 0.6) is 0 Å². The van der Waals surface area contributed by atoms with Crippen molar-refractivity contribution in [3.63, 3.8) is 0 Å². The van der Waals surface area contributed by atoms with Crippen molar-refractivity contribution >= 4 is 16.0 Å². The second kappa shape index (κ2) is 5.92. The third kappa shape index (κ3) is 5.10. The van der Waals surface area contributed by atoms with E-state index in [9.17, 15) is 8.42 Å². The van der Waals surface area contributed by atoms with E-state index in [1.807, 2.05) is 19.9 Å². The number of anilines is 1. The fraction of sp³-hybridized carbons (Fsp3) is 0.600. The number of nitrogens with one attached hydrogen (secondary N) is 2. The average molecular weight is 258 g/mol. The predicted molar refractivity (Wildman–Crippen MR) is 67.5 cm³/mol. The maximum Gasteiger partial charge on any atom is 0.223 e. The molecule has 0 aromatic carbocycles. The average Bonchev–Trinajstić information content (AvgIpc) is 2.15. The topological polar surface area (TPSA) is 84.0 Å². The van der Waals surface area contributed by atoms with Crippen LogP contribution in [0.2, 0.25) is 0 Å². The third-order valence-electron chi connectivity index (χ3n) is 2.00. The van der Waals surface area contributed by atoms with Crippen LogP contribution < -0.4 is 10.0 Å². The third-order valence-corrected chi connectivity index (χ3v) is 3.47. The summed E-state index contributed by atoms with van der Waals surface area (Å²) in [6, 6.07) is 1.86. The van der Waals surface area contributed by atoms with E-state index in [-0.39, 0.29) is 12.3 Å². The van der Waals surface area contributed by atoms with Crippen LogP contribution in [0.1, 0.15) is 18.3 Å². The molecule has 6 nitrogen and oxygen atoms in total. The summed E-state index contributed by atoms with van der Waals surface area (Å²) in [6.45, 7) is 6.18. The van der Waals surface area contributed by atoms with Gasteiger partial charge in [0.15, 0.2) is 0 Å². The standard InChI is InChI=1S/C10H18N4O2S/c1-4-12-17(15,16)6-5-11-10-13-8(2)7-9(3)14-10/h7,12H,4-6H2,1-3H3,(H,11,13,14). The first-order valence-corrected chi connectivity index (χ1v) is 7.11. The van der Waals surface area contributed by atoms with Crippen molar-refractivity contribution < 1.29 is 8.42 Å². The number of sulfonamides is 1. The number of hydrogen-bond acceptors (Lipinski definition) is 5. The van der Waals surface area contributed by atoms with Crippen molar-refractivity contribution in [3.8, 4) is 0 Å². The van der Waals surface area contributed by atoms with Crippen LogP contribution in [-0.2, 0) is 10.0 Å². The Balaban J connectivity index is 2.51. The summed E-state index contributed by atoms with van der Waals surface area (Å²) in [5.41, 5.74) is 1.71. The lowest BCUT2D eigenvalue weighted by Gasteiger charge is -2.07. The van der Waals surface area contributed by atoms with Gasteiger partial charge in [0.25, 0.3) is 0 Å². The van der Waals surface area contributed by atoms with Crippen LogP contribution in [-0.4, -0.2) is 37.2 Å². The summed E-state index contributed by atoms with van der Waals surface area (Å²) < 4.78 is 25.1. The van der Waals surface area contributed by atoms with Crippen molar-refractivity contribution in [1.82, 2.24) is 14.7 Å². The maximum atomic E-state index is 11.4. The molecule has 96 valence electrons. The minimum absolute atomic E-state index is 0.0111. The molecule has 1 aromatic rings. The Morgan fingerprint density at radius 2 is 1.82 bits per heavy atom. The smallest absolute Gasteiger partial charge is 0.223 e. The largest absolute Gasteiger partial charge is 0.353 e. The molecule has 1 heterocycles. The van der Waals surface area contributed by atoms with Gasteiger partial charge in [0.1, 0.15) is 0 Å². The molecule has 1 aromatic heterocycles. The Morgan fingerprint density at radius 1 is 1.24 bits per heavy atom. The number of aryl methyl sites for hydroxylation is 2. The molecule has 0 radical (unpaired) electrons. The van der Waals surface area contributed by atoms with Gasteiger partial charge in [0, 0.05) is 24.5 Å². The Kier molecular flexibility index (Phi) is 4.83. The molecule has 0 saturated heterocycles. The molecule has 0 unspecified atom stereocenters. The lowest BCUT2D eigenvalue weighted by molar-refractivity contribution is 0.584. The van der Waals surface area contributed by atoms with Gasteiger partial charge in [-0.25, -0.2) is 23.1 Å². The second-order valence-electron chi connectivity index (χ2n) is 3.72. The van der Waals surface area contributed by atoms with Crippen LogP contribution in [0.15, 0.2) is 6.07 Å². The van der Waals surface area contributed by atoms with Crippen LogP contribution in [0.25, 0.3) is 0 Å². The quantitative estimate of drug-likeness (QED) is 0.773. The minimum atomic E-state index is -3.19. The lowest BCUT2D eigenvalue weighted by Crippen LogP contribution is -2.29. The van der Waals surface area contributed by atoms with E-state index in [0.717, 1.165) is 11.4 Å². The molecule has 0 aliphatic heterocycles. The van der Waals surface area contributed by atoms with E-state index in [1.165, 1.54) is 0 Å². The van der Waals surface area contributed by atoms with Crippen molar-refractivity contribution in [2.75, 3.05) is 24.2 Å². The number of rotatable bonds is 6. The van der Waals surface area contributed by atoms with Gasteiger partial charge in [-0.15, -0.1) is 0 Å². The monoisotopic (exact) mass is 258 g/mol. The number of hydrogen-bond donors (Lipinski definition) is 2. The molecular weight excluding hydrogens is 240 g/mol. The van der Waals surface area contributed by atoms with Gasteiger partial charge in [-0.2, -0.15) is 0 Å². The van der Waals surface area contributed by atoms with E-state index < -0.39 is 10.0 Å². The predicted octanol–water partition coefficient (Wildman–Crippen LogP) is 0.445.